The van der Waals surface area contributed by atoms with Gasteiger partial charge in [0.25, 0.3) is 10.0 Å². The van der Waals surface area contributed by atoms with Crippen LogP contribution in [0.15, 0.2) is 40.9 Å². The molecule has 2 heterocycles. The first-order valence-electron chi connectivity index (χ1n) is 6.79. The van der Waals surface area contributed by atoms with Crippen LogP contribution >= 0.6 is 11.3 Å². The summed E-state index contributed by atoms with van der Waals surface area (Å²) in [5, 5.41) is 5.22. The lowest BCUT2D eigenvalue weighted by Gasteiger charge is -2.06. The van der Waals surface area contributed by atoms with Crippen LogP contribution in [0.4, 0.5) is 0 Å². The lowest BCUT2D eigenvalue weighted by Crippen LogP contribution is -2.24. The van der Waals surface area contributed by atoms with E-state index in [0.29, 0.717) is 13.1 Å². The van der Waals surface area contributed by atoms with Crippen molar-refractivity contribution in [3.05, 3.63) is 46.3 Å². The molecule has 0 spiro atoms. The minimum absolute atomic E-state index is 0.0540. The summed E-state index contributed by atoms with van der Waals surface area (Å²) in [6.45, 7) is 4.02. The van der Waals surface area contributed by atoms with Gasteiger partial charge in [-0.1, -0.05) is 19.1 Å². The molecule has 2 aromatic heterocycles. The molecule has 0 aliphatic heterocycles. The smallest absolute Gasteiger partial charge is 0.258 e. The molecule has 0 saturated carbocycles. The van der Waals surface area contributed by atoms with Gasteiger partial charge in [0, 0.05) is 24.2 Å². The molecule has 2 rings (SSSR count). The fourth-order valence-electron chi connectivity index (χ4n) is 1.74. The minimum atomic E-state index is -3.55. The van der Waals surface area contributed by atoms with E-state index in [1.165, 1.54) is 11.3 Å². The Morgan fingerprint density at radius 3 is 2.71 bits per heavy atom. The average Bonchev–Trinajstić information content (AvgIpc) is 3.00. The zero-order valence-electron chi connectivity index (χ0n) is 11.9. The van der Waals surface area contributed by atoms with Gasteiger partial charge in [0.2, 0.25) is 0 Å². The van der Waals surface area contributed by atoms with Gasteiger partial charge in [0.15, 0.2) is 5.03 Å². The molecule has 5 nitrogen and oxygen atoms in total. The number of pyridine rings is 1. The van der Waals surface area contributed by atoms with Crippen molar-refractivity contribution in [1.82, 2.24) is 15.0 Å². The van der Waals surface area contributed by atoms with Crippen LogP contribution < -0.4 is 10.0 Å². The molecule has 114 valence electrons. The summed E-state index contributed by atoms with van der Waals surface area (Å²) >= 11 is 1.52. The van der Waals surface area contributed by atoms with Gasteiger partial charge in [0.1, 0.15) is 0 Å². The summed E-state index contributed by atoms with van der Waals surface area (Å²) in [5.41, 5.74) is 0.973. The quantitative estimate of drug-likeness (QED) is 0.729. The maximum absolute atomic E-state index is 12.1. The number of nitrogens with one attached hydrogen (secondary N) is 2. The SMILES string of the molecule is CCCNCc1ccc(S(=O)(=O)NCc2cccs2)nc1. The molecule has 2 aromatic rings. The number of aromatic nitrogens is 1. The summed E-state index contributed by atoms with van der Waals surface area (Å²) in [6, 6.07) is 7.11. The van der Waals surface area contributed by atoms with Crippen molar-refractivity contribution in [2.45, 2.75) is 31.5 Å². The van der Waals surface area contributed by atoms with Crippen molar-refractivity contribution < 1.29 is 8.42 Å². The van der Waals surface area contributed by atoms with E-state index in [0.717, 1.165) is 23.4 Å². The van der Waals surface area contributed by atoms with Gasteiger partial charge in [-0.15, -0.1) is 11.3 Å². The third kappa shape index (κ3) is 4.89. The number of hydrogen-bond acceptors (Lipinski definition) is 5. The van der Waals surface area contributed by atoms with Gasteiger partial charge in [-0.25, -0.2) is 18.1 Å². The first-order chi connectivity index (χ1) is 10.1. The third-order valence-corrected chi connectivity index (χ3v) is 5.04. The Hall–Kier alpha value is -1.28. The zero-order valence-corrected chi connectivity index (χ0v) is 13.5. The highest BCUT2D eigenvalue weighted by atomic mass is 32.2. The van der Waals surface area contributed by atoms with E-state index < -0.39 is 10.0 Å². The standard InChI is InChI=1S/C14H19N3O2S2/c1-2-7-15-9-12-5-6-14(16-10-12)21(18,19)17-11-13-4-3-8-20-13/h3-6,8,10,15,17H,2,7,9,11H2,1H3. The highest BCUT2D eigenvalue weighted by molar-refractivity contribution is 7.89. The van der Waals surface area contributed by atoms with Crippen LogP contribution in [0, 0.1) is 0 Å². The van der Waals surface area contributed by atoms with Gasteiger partial charge < -0.3 is 5.32 Å². The van der Waals surface area contributed by atoms with Crippen molar-refractivity contribution in [3.63, 3.8) is 0 Å². The Kier molecular flexibility index (Phi) is 5.86. The topological polar surface area (TPSA) is 71.1 Å². The Morgan fingerprint density at radius 1 is 1.24 bits per heavy atom. The van der Waals surface area contributed by atoms with Gasteiger partial charge in [-0.05, 0) is 36.0 Å². The second kappa shape index (κ2) is 7.65. The first-order valence-corrected chi connectivity index (χ1v) is 9.16. The molecule has 0 aromatic carbocycles. The van der Waals surface area contributed by atoms with Gasteiger partial charge in [-0.2, -0.15) is 0 Å². The molecule has 0 amide bonds. The van der Waals surface area contributed by atoms with E-state index in [4.69, 9.17) is 0 Å². The predicted octanol–water partition coefficient (Wildman–Crippen LogP) is 2.12. The van der Waals surface area contributed by atoms with E-state index in [9.17, 15) is 8.42 Å². The van der Waals surface area contributed by atoms with Crippen LogP contribution in [0.25, 0.3) is 0 Å². The fraction of sp³-hybridized carbons (Fsp3) is 0.357. The van der Waals surface area contributed by atoms with Crippen LogP contribution in [0.2, 0.25) is 0 Å². The molecular formula is C14H19N3O2S2. The largest absolute Gasteiger partial charge is 0.313 e. The number of hydrogen-bond donors (Lipinski definition) is 2. The monoisotopic (exact) mass is 325 g/mol. The second-order valence-electron chi connectivity index (χ2n) is 4.59. The van der Waals surface area contributed by atoms with Gasteiger partial charge >= 0.3 is 0 Å². The third-order valence-electron chi connectivity index (χ3n) is 2.85. The van der Waals surface area contributed by atoms with Crippen molar-refractivity contribution >= 4 is 21.4 Å². The Balaban J connectivity index is 1.96. The van der Waals surface area contributed by atoms with E-state index in [1.807, 2.05) is 17.5 Å². The molecule has 21 heavy (non-hydrogen) atoms. The Bertz CT molecular complexity index is 637. The summed E-state index contributed by atoms with van der Waals surface area (Å²) in [4.78, 5) is 5.01. The van der Waals surface area contributed by atoms with Crippen molar-refractivity contribution in [2.24, 2.45) is 0 Å². The molecule has 0 atom stereocenters. The zero-order chi connectivity index (χ0) is 15.1. The summed E-state index contributed by atoms with van der Waals surface area (Å²) < 4.78 is 26.8. The first kappa shape index (κ1) is 16.1. The molecule has 0 fully saturated rings. The molecule has 7 heteroatoms. The fourth-order valence-corrected chi connectivity index (χ4v) is 3.41. The van der Waals surface area contributed by atoms with Crippen LogP contribution in [0.3, 0.4) is 0 Å². The van der Waals surface area contributed by atoms with Crippen LogP contribution in [0.5, 0.6) is 0 Å². The lowest BCUT2D eigenvalue weighted by atomic mass is 10.3. The number of thiophene rings is 1. The molecule has 0 saturated heterocycles. The molecule has 0 radical (unpaired) electrons. The van der Waals surface area contributed by atoms with Crippen molar-refractivity contribution in [2.75, 3.05) is 6.54 Å². The van der Waals surface area contributed by atoms with E-state index >= 15 is 0 Å². The minimum Gasteiger partial charge on any atom is -0.313 e. The molecular weight excluding hydrogens is 306 g/mol. The summed E-state index contributed by atoms with van der Waals surface area (Å²) in [7, 11) is -3.55. The maximum atomic E-state index is 12.1. The number of rotatable bonds is 8. The molecule has 0 aliphatic rings. The van der Waals surface area contributed by atoms with Crippen molar-refractivity contribution in [1.29, 1.82) is 0 Å². The Morgan fingerprint density at radius 2 is 2.10 bits per heavy atom. The highest BCUT2D eigenvalue weighted by Crippen LogP contribution is 2.11. The molecule has 2 N–H and O–H groups in total. The Labute approximate surface area is 129 Å². The predicted molar refractivity (Wildman–Crippen MR) is 84.6 cm³/mol. The summed E-state index contributed by atoms with van der Waals surface area (Å²) in [6.07, 6.45) is 2.66. The summed E-state index contributed by atoms with van der Waals surface area (Å²) in [5.74, 6) is 0. The van der Waals surface area contributed by atoms with E-state index in [-0.39, 0.29) is 5.03 Å². The average molecular weight is 325 g/mol. The number of nitrogens with zero attached hydrogens (tertiary/aromatic N) is 1. The lowest BCUT2D eigenvalue weighted by molar-refractivity contribution is 0.577. The van der Waals surface area contributed by atoms with E-state index in [1.54, 1.807) is 18.3 Å². The van der Waals surface area contributed by atoms with E-state index in [2.05, 4.69) is 21.9 Å². The second-order valence-corrected chi connectivity index (χ2v) is 7.33. The van der Waals surface area contributed by atoms with Crippen LogP contribution in [0.1, 0.15) is 23.8 Å². The van der Waals surface area contributed by atoms with Gasteiger partial charge in [-0.3, -0.25) is 0 Å². The van der Waals surface area contributed by atoms with Crippen LogP contribution in [-0.2, 0) is 23.1 Å². The van der Waals surface area contributed by atoms with Gasteiger partial charge in [0.05, 0.1) is 0 Å². The maximum Gasteiger partial charge on any atom is 0.258 e. The normalized spacial score (nSPS) is 11.7. The molecule has 0 bridgehead atoms. The molecule has 0 aliphatic carbocycles. The highest BCUT2D eigenvalue weighted by Gasteiger charge is 2.15. The van der Waals surface area contributed by atoms with Crippen LogP contribution in [-0.4, -0.2) is 19.9 Å². The molecule has 0 unspecified atom stereocenters. The van der Waals surface area contributed by atoms with Crippen molar-refractivity contribution in [3.8, 4) is 0 Å². The number of sulfonamides is 1.